The van der Waals surface area contributed by atoms with Gasteiger partial charge in [0.1, 0.15) is 48.8 Å². The number of aliphatic hydroxyl groups excluding tert-OH is 8. The van der Waals surface area contributed by atoms with Crippen molar-refractivity contribution in [3.8, 4) is 0 Å². The molecule has 584 valence electrons. The van der Waals surface area contributed by atoms with Gasteiger partial charge in [-0.3, -0.25) is 4.79 Å². The van der Waals surface area contributed by atoms with Crippen LogP contribution in [0, 0.1) is 0 Å². The van der Waals surface area contributed by atoms with E-state index in [0.717, 1.165) is 32.1 Å². The van der Waals surface area contributed by atoms with E-state index < -0.39 is 86.8 Å². The molecule has 0 bridgehead atoms. The van der Waals surface area contributed by atoms with Crippen LogP contribution >= 0.6 is 0 Å². The van der Waals surface area contributed by atoms with Crippen molar-refractivity contribution in [2.75, 3.05) is 19.8 Å². The second-order valence-electron chi connectivity index (χ2n) is 30.3. The van der Waals surface area contributed by atoms with E-state index in [4.69, 9.17) is 18.9 Å². The van der Waals surface area contributed by atoms with Gasteiger partial charge in [0.15, 0.2) is 12.6 Å². The van der Waals surface area contributed by atoms with Gasteiger partial charge in [0.25, 0.3) is 0 Å². The van der Waals surface area contributed by atoms with Crippen LogP contribution in [0.4, 0.5) is 0 Å². The van der Waals surface area contributed by atoms with Gasteiger partial charge in [0.05, 0.1) is 32.0 Å². The van der Waals surface area contributed by atoms with E-state index in [9.17, 15) is 45.6 Å². The van der Waals surface area contributed by atoms with Gasteiger partial charge in [0.2, 0.25) is 5.91 Å². The van der Waals surface area contributed by atoms with Crippen molar-refractivity contribution < 1.29 is 64.6 Å². The van der Waals surface area contributed by atoms with E-state index >= 15 is 0 Å². The quantitative estimate of drug-likeness (QED) is 0.0204. The molecular weight excluding hydrogens is 1240 g/mol. The standard InChI is InChI=1S/C85H161NO13/c1-3-5-7-9-11-13-15-17-19-21-23-25-27-29-30-31-32-33-34-35-36-37-38-39-40-41-42-43-44-45-47-49-51-53-55-57-59-61-63-65-67-69-77(90)86-73(72-96-84-82(95)80(93)83(76(71-88)98-84)99-85-81(94)79(92)78(91)75(70-87)97-85)74(89)68-66-64-62-60-58-56-54-52-50-48-46-28-26-24-22-20-18-16-14-12-10-8-6-4-2/h21,23,58,60,66,68,73-76,78-85,87-89,91-95H,3-20,22,24-57,59,61-65,67,69-72H2,1-2H3,(H,86,90)/b23-21-,60-58+,68-66+. The third-order valence-corrected chi connectivity index (χ3v) is 21.0. The predicted molar refractivity (Wildman–Crippen MR) is 411 cm³/mol. The van der Waals surface area contributed by atoms with E-state index in [-0.39, 0.29) is 18.9 Å². The summed E-state index contributed by atoms with van der Waals surface area (Å²) in [6, 6.07) is -0.931. The van der Waals surface area contributed by atoms with Gasteiger partial charge in [-0.2, -0.15) is 0 Å². The Hall–Kier alpha value is -1.79. The van der Waals surface area contributed by atoms with Crippen molar-refractivity contribution in [2.24, 2.45) is 0 Å². The molecular formula is C85H161NO13. The summed E-state index contributed by atoms with van der Waals surface area (Å²) in [5.74, 6) is -0.240. The van der Waals surface area contributed by atoms with Crippen molar-refractivity contribution >= 4 is 5.91 Å². The van der Waals surface area contributed by atoms with Gasteiger partial charge in [-0.25, -0.2) is 0 Å². The summed E-state index contributed by atoms with van der Waals surface area (Å²) in [5.41, 5.74) is 0. The highest BCUT2D eigenvalue weighted by atomic mass is 16.7. The van der Waals surface area contributed by atoms with Gasteiger partial charge in [0, 0.05) is 6.42 Å². The zero-order valence-electron chi connectivity index (χ0n) is 64.3. The summed E-state index contributed by atoms with van der Waals surface area (Å²) in [6.45, 7) is 2.85. The highest BCUT2D eigenvalue weighted by Gasteiger charge is 2.51. The highest BCUT2D eigenvalue weighted by molar-refractivity contribution is 5.76. The molecule has 0 aromatic carbocycles. The van der Waals surface area contributed by atoms with Gasteiger partial charge in [-0.15, -0.1) is 0 Å². The first kappa shape index (κ1) is 93.3. The smallest absolute Gasteiger partial charge is 0.220 e. The molecule has 2 heterocycles. The number of allylic oxidation sites excluding steroid dienone is 5. The van der Waals surface area contributed by atoms with Crippen LogP contribution < -0.4 is 5.32 Å². The van der Waals surface area contributed by atoms with Crippen LogP contribution in [0.1, 0.15) is 406 Å². The maximum Gasteiger partial charge on any atom is 0.220 e. The predicted octanol–water partition coefficient (Wildman–Crippen LogP) is 20.0. The molecule has 0 aliphatic carbocycles. The Bertz CT molecular complexity index is 1800. The number of carbonyl (C=O) groups is 1. The summed E-state index contributed by atoms with van der Waals surface area (Å²) in [7, 11) is 0. The molecule has 2 fully saturated rings. The number of rotatable bonds is 73. The minimum Gasteiger partial charge on any atom is -0.394 e. The molecule has 2 aliphatic heterocycles. The Balaban J connectivity index is 1.56. The van der Waals surface area contributed by atoms with Gasteiger partial charge in [-0.05, 0) is 57.8 Å². The van der Waals surface area contributed by atoms with E-state index in [1.54, 1.807) is 6.08 Å². The number of carbonyl (C=O) groups excluding carboxylic acids is 1. The van der Waals surface area contributed by atoms with E-state index in [0.29, 0.717) is 12.8 Å². The molecule has 0 spiro atoms. The maximum atomic E-state index is 13.4. The first-order chi connectivity index (χ1) is 48.6. The van der Waals surface area contributed by atoms with Crippen LogP contribution in [-0.2, 0) is 23.7 Å². The minimum absolute atomic E-state index is 0.240. The topological polar surface area (TPSA) is 228 Å². The molecule has 0 saturated carbocycles. The summed E-state index contributed by atoms with van der Waals surface area (Å²) in [4.78, 5) is 13.4. The van der Waals surface area contributed by atoms with Crippen LogP contribution in [0.2, 0.25) is 0 Å². The molecule has 1 amide bonds. The lowest BCUT2D eigenvalue weighted by atomic mass is 9.97. The fourth-order valence-electron chi connectivity index (χ4n) is 14.3. The fraction of sp³-hybridized carbons (Fsp3) is 0.918. The van der Waals surface area contributed by atoms with Gasteiger partial charge < -0.3 is 65.1 Å². The van der Waals surface area contributed by atoms with Gasteiger partial charge >= 0.3 is 0 Å². The molecule has 2 rings (SSSR count). The second kappa shape index (κ2) is 69.3. The van der Waals surface area contributed by atoms with Crippen LogP contribution in [0.15, 0.2) is 36.5 Å². The highest BCUT2D eigenvalue weighted by Crippen LogP contribution is 2.30. The van der Waals surface area contributed by atoms with Gasteiger partial charge in [-0.1, -0.05) is 378 Å². The summed E-state index contributed by atoms with van der Waals surface area (Å²) in [6.07, 6.45) is 75.5. The molecule has 2 aliphatic rings. The molecule has 14 nitrogen and oxygen atoms in total. The number of nitrogens with one attached hydrogen (secondary N) is 1. The number of unbranched alkanes of at least 4 members (excludes halogenated alkanes) is 56. The number of hydrogen-bond donors (Lipinski definition) is 9. The van der Waals surface area contributed by atoms with Crippen molar-refractivity contribution in [3.63, 3.8) is 0 Å². The Morgan fingerprint density at radius 3 is 0.990 bits per heavy atom. The lowest BCUT2D eigenvalue weighted by Crippen LogP contribution is -2.65. The molecule has 99 heavy (non-hydrogen) atoms. The Morgan fingerprint density at radius 2 is 0.646 bits per heavy atom. The SMILES string of the molecule is CCCCCCCCCC/C=C\CCCCCCCCCCCCCCCCCCCCCCCCCCCCCCCC(=O)NC(COC1OC(CO)C(OC2OC(CO)C(O)C(O)C2O)C(O)C1O)C(O)/C=C/CC/C=C/CCCCCCCCCCCCCCCCCCCC. The summed E-state index contributed by atoms with van der Waals surface area (Å²) < 4.78 is 22.9. The normalized spacial score (nSPS) is 22.0. The van der Waals surface area contributed by atoms with E-state index in [1.807, 2.05) is 6.08 Å². The lowest BCUT2D eigenvalue weighted by Gasteiger charge is -2.46. The third-order valence-electron chi connectivity index (χ3n) is 21.0. The van der Waals surface area contributed by atoms with Crippen LogP contribution in [-0.4, -0.2) is 140 Å². The third kappa shape index (κ3) is 51.9. The molecule has 9 N–H and O–H groups in total. The number of ether oxygens (including phenoxy) is 4. The van der Waals surface area contributed by atoms with Crippen LogP contribution in [0.3, 0.4) is 0 Å². The van der Waals surface area contributed by atoms with Crippen molar-refractivity contribution in [2.45, 2.75) is 479 Å². The zero-order valence-corrected chi connectivity index (χ0v) is 64.3. The maximum absolute atomic E-state index is 13.4. The average molecular weight is 1410 g/mol. The van der Waals surface area contributed by atoms with Crippen LogP contribution in [0.5, 0.6) is 0 Å². The second-order valence-corrected chi connectivity index (χ2v) is 30.3. The van der Waals surface area contributed by atoms with Crippen LogP contribution in [0.25, 0.3) is 0 Å². The number of amides is 1. The number of aliphatic hydroxyl groups is 8. The minimum atomic E-state index is -1.79. The molecule has 14 heteroatoms. The molecule has 0 aromatic heterocycles. The van der Waals surface area contributed by atoms with E-state index in [2.05, 4.69) is 43.5 Å². The van der Waals surface area contributed by atoms with Crippen molar-refractivity contribution in [1.29, 1.82) is 0 Å². The number of hydrogen-bond acceptors (Lipinski definition) is 13. The molecule has 2 saturated heterocycles. The molecule has 12 unspecified atom stereocenters. The molecule has 12 atom stereocenters. The lowest BCUT2D eigenvalue weighted by molar-refractivity contribution is -0.359. The Labute approximate surface area is 608 Å². The Kier molecular flexibility index (Phi) is 65.3. The molecule has 0 aromatic rings. The monoisotopic (exact) mass is 1400 g/mol. The molecule has 0 radical (unpaired) electrons. The van der Waals surface area contributed by atoms with E-state index in [1.165, 1.54) is 340 Å². The van der Waals surface area contributed by atoms with Crippen molar-refractivity contribution in [3.05, 3.63) is 36.5 Å². The van der Waals surface area contributed by atoms with Crippen molar-refractivity contribution in [1.82, 2.24) is 5.32 Å². The summed E-state index contributed by atoms with van der Waals surface area (Å²) in [5, 5.41) is 87.7. The Morgan fingerprint density at radius 1 is 0.354 bits per heavy atom. The first-order valence-electron chi connectivity index (χ1n) is 42.7. The summed E-state index contributed by atoms with van der Waals surface area (Å²) >= 11 is 0. The average Bonchev–Trinajstić information content (AvgIpc) is 0.799. The fourth-order valence-corrected chi connectivity index (χ4v) is 14.3. The zero-order chi connectivity index (χ0) is 71.5. The largest absolute Gasteiger partial charge is 0.394 e. The first-order valence-corrected chi connectivity index (χ1v) is 42.7.